The third-order valence-electron chi connectivity index (χ3n) is 7.47. The van der Waals surface area contributed by atoms with Gasteiger partial charge in [-0.25, -0.2) is 0 Å². The minimum Gasteiger partial charge on any atom is -0.452 e. The van der Waals surface area contributed by atoms with Crippen LogP contribution in [0.4, 0.5) is 5.69 Å². The van der Waals surface area contributed by atoms with Gasteiger partial charge in [0.25, 0.3) is 5.91 Å². The third kappa shape index (κ3) is 2.86. The SMILES string of the molecule is C[C@H](OC(=O)C12C[C@H]3C[C@@H](CC(O)(C3)C1)C2)C(=O)N1CCCc2ccccc21. The Labute approximate surface area is 166 Å². The van der Waals surface area contributed by atoms with Crippen molar-refractivity contribution in [1.82, 2.24) is 0 Å². The second kappa shape index (κ2) is 6.31. The van der Waals surface area contributed by atoms with Crippen LogP contribution in [0.15, 0.2) is 24.3 Å². The van der Waals surface area contributed by atoms with Gasteiger partial charge in [-0.2, -0.15) is 0 Å². The maximum absolute atomic E-state index is 13.2. The third-order valence-corrected chi connectivity index (χ3v) is 7.47. The fraction of sp³-hybridized carbons (Fsp3) is 0.652. The summed E-state index contributed by atoms with van der Waals surface area (Å²) in [7, 11) is 0. The van der Waals surface area contributed by atoms with Gasteiger partial charge in [-0.1, -0.05) is 18.2 Å². The first-order valence-corrected chi connectivity index (χ1v) is 10.7. The molecular weight excluding hydrogens is 354 g/mol. The zero-order valence-corrected chi connectivity index (χ0v) is 16.5. The average molecular weight is 383 g/mol. The summed E-state index contributed by atoms with van der Waals surface area (Å²) in [5, 5.41) is 10.9. The molecule has 0 unspecified atom stereocenters. The number of esters is 1. The van der Waals surface area contributed by atoms with Crippen molar-refractivity contribution < 1.29 is 19.4 Å². The molecule has 4 fully saturated rings. The summed E-state index contributed by atoms with van der Waals surface area (Å²) in [5.41, 5.74) is 0.810. The lowest BCUT2D eigenvalue weighted by Gasteiger charge is -2.58. The number of aryl methyl sites for hydroxylation is 1. The second-order valence-corrected chi connectivity index (χ2v) is 9.74. The molecule has 0 saturated heterocycles. The van der Waals surface area contributed by atoms with E-state index in [1.54, 1.807) is 11.8 Å². The molecule has 5 heteroatoms. The molecule has 1 amide bonds. The number of ether oxygens (including phenoxy) is 1. The van der Waals surface area contributed by atoms with Crippen LogP contribution in [0.3, 0.4) is 0 Å². The number of nitrogens with zero attached hydrogens (tertiary/aromatic N) is 1. The van der Waals surface area contributed by atoms with E-state index in [0.717, 1.165) is 50.6 Å². The Morgan fingerprint density at radius 1 is 1.18 bits per heavy atom. The van der Waals surface area contributed by atoms with Crippen LogP contribution in [0.25, 0.3) is 0 Å². The number of fused-ring (bicyclic) bond motifs is 1. The molecule has 4 bridgehead atoms. The second-order valence-electron chi connectivity index (χ2n) is 9.74. The van der Waals surface area contributed by atoms with Crippen LogP contribution in [0.2, 0.25) is 0 Å². The number of carbonyl (C=O) groups is 2. The quantitative estimate of drug-likeness (QED) is 0.814. The van der Waals surface area contributed by atoms with E-state index in [4.69, 9.17) is 4.74 Å². The Bertz CT molecular complexity index is 805. The standard InChI is InChI=1S/C23H29NO4/c1-15(20(25)24-8-4-6-18-5-2-3-7-19(18)24)28-21(26)22-10-16-9-17(11-22)13-23(27,12-16)14-22/h2-3,5,7,15-17,27H,4,6,8-14H2,1H3/t15-,16+,17+,22?,23?/m0/s1. The fourth-order valence-electron chi connectivity index (χ4n) is 6.77. The Morgan fingerprint density at radius 3 is 2.61 bits per heavy atom. The molecule has 28 heavy (non-hydrogen) atoms. The van der Waals surface area contributed by atoms with Crippen molar-refractivity contribution in [1.29, 1.82) is 0 Å². The number of carbonyl (C=O) groups excluding carboxylic acids is 2. The molecule has 4 saturated carbocycles. The van der Waals surface area contributed by atoms with Gasteiger partial charge in [0.1, 0.15) is 0 Å². The Kier molecular flexibility index (Phi) is 4.10. The van der Waals surface area contributed by atoms with Gasteiger partial charge in [0.2, 0.25) is 0 Å². The average Bonchev–Trinajstić information content (AvgIpc) is 2.65. The molecule has 3 atom stereocenters. The van der Waals surface area contributed by atoms with Gasteiger partial charge in [0.15, 0.2) is 6.10 Å². The van der Waals surface area contributed by atoms with E-state index in [-0.39, 0.29) is 11.9 Å². The Balaban J connectivity index is 1.32. The highest BCUT2D eigenvalue weighted by Crippen LogP contribution is 2.62. The van der Waals surface area contributed by atoms with Crippen molar-refractivity contribution in [3.63, 3.8) is 0 Å². The van der Waals surface area contributed by atoms with Crippen molar-refractivity contribution in [2.75, 3.05) is 11.4 Å². The lowest BCUT2D eigenvalue weighted by Crippen LogP contribution is -2.59. The van der Waals surface area contributed by atoms with E-state index in [9.17, 15) is 14.7 Å². The van der Waals surface area contributed by atoms with E-state index < -0.39 is 17.1 Å². The van der Waals surface area contributed by atoms with Crippen LogP contribution in [-0.2, 0) is 20.7 Å². The predicted molar refractivity (Wildman–Crippen MR) is 105 cm³/mol. The largest absolute Gasteiger partial charge is 0.452 e. The molecule has 1 aromatic rings. The summed E-state index contributed by atoms with van der Waals surface area (Å²) in [6.45, 7) is 2.35. The number of aliphatic hydroxyl groups is 1. The molecule has 0 spiro atoms. The van der Waals surface area contributed by atoms with Gasteiger partial charge in [-0.15, -0.1) is 0 Å². The molecule has 1 N–H and O–H groups in total. The normalized spacial score (nSPS) is 36.7. The summed E-state index contributed by atoms with van der Waals surface area (Å²) >= 11 is 0. The topological polar surface area (TPSA) is 66.8 Å². The van der Waals surface area contributed by atoms with Gasteiger partial charge >= 0.3 is 5.97 Å². The summed E-state index contributed by atoms with van der Waals surface area (Å²) in [4.78, 5) is 28.0. The highest BCUT2D eigenvalue weighted by molar-refractivity contribution is 5.98. The van der Waals surface area contributed by atoms with Crippen molar-refractivity contribution in [3.8, 4) is 0 Å². The molecule has 0 aromatic heterocycles. The van der Waals surface area contributed by atoms with E-state index in [1.807, 2.05) is 18.2 Å². The molecular formula is C23H29NO4. The molecule has 1 heterocycles. The molecule has 0 radical (unpaired) electrons. The van der Waals surface area contributed by atoms with Crippen LogP contribution in [0.1, 0.15) is 57.4 Å². The molecule has 1 aromatic carbocycles. The zero-order valence-electron chi connectivity index (χ0n) is 16.5. The summed E-state index contributed by atoms with van der Waals surface area (Å²) < 4.78 is 5.77. The minimum atomic E-state index is -0.804. The molecule has 150 valence electrons. The highest BCUT2D eigenvalue weighted by Gasteiger charge is 2.61. The number of hydrogen-bond donors (Lipinski definition) is 1. The first-order valence-electron chi connectivity index (χ1n) is 10.7. The Hall–Kier alpha value is -1.88. The van der Waals surface area contributed by atoms with Crippen molar-refractivity contribution in [2.24, 2.45) is 17.3 Å². The van der Waals surface area contributed by atoms with Crippen LogP contribution in [-0.4, -0.2) is 35.2 Å². The number of benzene rings is 1. The lowest BCUT2D eigenvalue weighted by molar-refractivity contribution is -0.199. The van der Waals surface area contributed by atoms with Crippen molar-refractivity contribution in [2.45, 2.75) is 70.0 Å². The van der Waals surface area contributed by atoms with Crippen LogP contribution in [0, 0.1) is 17.3 Å². The smallest absolute Gasteiger partial charge is 0.312 e. The predicted octanol–water partition coefficient (Wildman–Crippen LogP) is 3.23. The molecule has 4 aliphatic carbocycles. The van der Waals surface area contributed by atoms with Crippen molar-refractivity contribution in [3.05, 3.63) is 29.8 Å². The van der Waals surface area contributed by atoms with Gasteiger partial charge in [0.05, 0.1) is 11.0 Å². The Morgan fingerprint density at radius 2 is 1.89 bits per heavy atom. The first-order chi connectivity index (χ1) is 13.4. The van der Waals surface area contributed by atoms with Gasteiger partial charge in [-0.05, 0) is 81.8 Å². The lowest BCUT2D eigenvalue weighted by atomic mass is 9.48. The van der Waals surface area contributed by atoms with Gasteiger partial charge in [0, 0.05) is 12.2 Å². The van der Waals surface area contributed by atoms with Crippen molar-refractivity contribution >= 4 is 17.6 Å². The molecule has 6 rings (SSSR count). The molecule has 5 nitrogen and oxygen atoms in total. The molecule has 1 aliphatic heterocycles. The summed E-state index contributed by atoms with van der Waals surface area (Å²) in [6, 6.07) is 7.96. The summed E-state index contributed by atoms with van der Waals surface area (Å²) in [5.74, 6) is 0.410. The maximum atomic E-state index is 13.2. The number of amides is 1. The number of hydrogen-bond acceptors (Lipinski definition) is 4. The van der Waals surface area contributed by atoms with Crippen LogP contribution in [0.5, 0.6) is 0 Å². The number of para-hydroxylation sites is 1. The fourth-order valence-corrected chi connectivity index (χ4v) is 6.77. The first kappa shape index (κ1) is 18.2. The van der Waals surface area contributed by atoms with Crippen LogP contribution < -0.4 is 4.90 Å². The highest BCUT2D eigenvalue weighted by atomic mass is 16.5. The summed E-state index contributed by atoms with van der Waals surface area (Å²) in [6.07, 6.45) is 5.95. The van der Waals surface area contributed by atoms with E-state index in [1.165, 1.54) is 5.56 Å². The minimum absolute atomic E-state index is 0.149. The monoisotopic (exact) mass is 383 g/mol. The van der Waals surface area contributed by atoms with E-state index in [2.05, 4.69) is 6.07 Å². The van der Waals surface area contributed by atoms with Gasteiger partial charge in [-0.3, -0.25) is 9.59 Å². The van der Waals surface area contributed by atoms with E-state index >= 15 is 0 Å². The van der Waals surface area contributed by atoms with E-state index in [0.29, 0.717) is 24.8 Å². The maximum Gasteiger partial charge on any atom is 0.312 e. The van der Waals surface area contributed by atoms with Crippen LogP contribution >= 0.6 is 0 Å². The number of rotatable bonds is 3. The number of anilines is 1. The zero-order chi connectivity index (χ0) is 19.5. The molecule has 5 aliphatic rings. The van der Waals surface area contributed by atoms with Gasteiger partial charge < -0.3 is 14.7 Å².